The molecular weight excluding hydrogens is 232 g/mol. The molecule has 3 N–H and O–H groups in total. The summed E-state index contributed by atoms with van der Waals surface area (Å²) in [6.07, 6.45) is 2.26. The van der Waals surface area contributed by atoms with Crippen molar-refractivity contribution < 1.29 is 4.79 Å². The molecule has 0 radical (unpaired) electrons. The Morgan fingerprint density at radius 3 is 3.00 bits per heavy atom. The molecule has 0 saturated heterocycles. The number of rotatable bonds is 5. The van der Waals surface area contributed by atoms with E-state index in [0.717, 1.165) is 23.3 Å². The average molecular weight is 250 g/mol. The molecule has 1 aromatic rings. The van der Waals surface area contributed by atoms with Gasteiger partial charge in [-0.2, -0.15) is 0 Å². The van der Waals surface area contributed by atoms with Crippen LogP contribution >= 0.6 is 11.8 Å². The second kappa shape index (κ2) is 5.56. The summed E-state index contributed by atoms with van der Waals surface area (Å²) in [5.74, 6) is 0.135. The number of hydrogen-bond donors (Lipinski definition) is 2. The van der Waals surface area contributed by atoms with Crippen LogP contribution in [0.4, 0.5) is 0 Å². The summed E-state index contributed by atoms with van der Waals surface area (Å²) in [4.78, 5) is 12.9. The number of thioether (sulfide) groups is 1. The molecule has 1 atom stereocenters. The molecule has 0 bridgehead atoms. The maximum Gasteiger partial charge on any atom is 0.233 e. The van der Waals surface area contributed by atoms with Gasteiger partial charge in [0.25, 0.3) is 0 Å². The summed E-state index contributed by atoms with van der Waals surface area (Å²) in [5.41, 5.74) is 6.70. The van der Waals surface area contributed by atoms with Crippen molar-refractivity contribution in [2.75, 3.05) is 0 Å². The van der Waals surface area contributed by atoms with Gasteiger partial charge >= 0.3 is 0 Å². The van der Waals surface area contributed by atoms with Crippen molar-refractivity contribution in [1.29, 1.82) is 0 Å². The molecule has 0 aromatic heterocycles. The Balaban J connectivity index is 1.91. The van der Waals surface area contributed by atoms with Gasteiger partial charge in [0.1, 0.15) is 0 Å². The second-order valence-corrected chi connectivity index (χ2v) is 5.81. The van der Waals surface area contributed by atoms with Gasteiger partial charge in [0.2, 0.25) is 5.91 Å². The third kappa shape index (κ3) is 3.75. The molecule has 2 rings (SSSR count). The molecule has 0 aliphatic heterocycles. The molecule has 0 heterocycles. The molecule has 1 saturated carbocycles. The first-order valence-corrected chi connectivity index (χ1v) is 6.83. The fourth-order valence-corrected chi connectivity index (χ4v) is 2.51. The highest BCUT2D eigenvalue weighted by Crippen LogP contribution is 2.25. The molecule has 1 amide bonds. The van der Waals surface area contributed by atoms with Crippen LogP contribution in [0.3, 0.4) is 0 Å². The van der Waals surface area contributed by atoms with Crippen LogP contribution in [-0.4, -0.2) is 17.2 Å². The van der Waals surface area contributed by atoms with Gasteiger partial charge in [-0.15, -0.1) is 11.8 Å². The number of benzene rings is 1. The fraction of sp³-hybridized carbons (Fsp3) is 0.462. The lowest BCUT2D eigenvalue weighted by molar-refractivity contribution is -0.120. The molecule has 0 spiro atoms. The van der Waals surface area contributed by atoms with Gasteiger partial charge in [0.15, 0.2) is 0 Å². The normalized spacial score (nSPS) is 16.6. The molecule has 1 unspecified atom stereocenters. The molecule has 1 aliphatic carbocycles. The Hall–Kier alpha value is -1.00. The number of nitrogens with one attached hydrogen (secondary N) is 1. The number of carbonyl (C=O) groups excluding carboxylic acids is 1. The van der Waals surface area contributed by atoms with Crippen molar-refractivity contribution in [2.45, 2.75) is 42.5 Å². The second-order valence-electron chi connectivity index (χ2n) is 4.39. The number of carbonyl (C=O) groups is 1. The van der Waals surface area contributed by atoms with Gasteiger partial charge < -0.3 is 11.1 Å². The lowest BCUT2D eigenvalue weighted by Gasteiger charge is -2.11. The highest BCUT2D eigenvalue weighted by molar-refractivity contribution is 8.00. The van der Waals surface area contributed by atoms with E-state index in [1.54, 1.807) is 11.8 Å². The Morgan fingerprint density at radius 2 is 2.35 bits per heavy atom. The third-order valence-corrected chi connectivity index (χ3v) is 3.83. The highest BCUT2D eigenvalue weighted by Gasteiger charge is 2.25. The zero-order valence-corrected chi connectivity index (χ0v) is 10.8. The maximum absolute atomic E-state index is 11.8. The third-order valence-electron chi connectivity index (χ3n) is 2.74. The lowest BCUT2D eigenvalue weighted by atomic mass is 10.2. The van der Waals surface area contributed by atoms with E-state index in [4.69, 9.17) is 5.73 Å². The maximum atomic E-state index is 11.8. The minimum Gasteiger partial charge on any atom is -0.352 e. The van der Waals surface area contributed by atoms with Crippen LogP contribution in [0.1, 0.15) is 25.3 Å². The summed E-state index contributed by atoms with van der Waals surface area (Å²) >= 11 is 1.58. The number of nitrogens with two attached hydrogens (primary N) is 1. The van der Waals surface area contributed by atoms with E-state index in [0.29, 0.717) is 12.6 Å². The molecule has 1 aromatic carbocycles. The van der Waals surface area contributed by atoms with Gasteiger partial charge in [0, 0.05) is 17.5 Å². The van der Waals surface area contributed by atoms with E-state index < -0.39 is 0 Å². The monoisotopic (exact) mass is 250 g/mol. The van der Waals surface area contributed by atoms with Crippen LogP contribution in [0.5, 0.6) is 0 Å². The Kier molecular flexibility index (Phi) is 4.07. The van der Waals surface area contributed by atoms with Crippen LogP contribution in [0.2, 0.25) is 0 Å². The van der Waals surface area contributed by atoms with Crippen molar-refractivity contribution in [1.82, 2.24) is 5.32 Å². The molecule has 4 heteroatoms. The topological polar surface area (TPSA) is 55.1 Å². The van der Waals surface area contributed by atoms with Gasteiger partial charge in [-0.25, -0.2) is 0 Å². The molecule has 1 fully saturated rings. The fourth-order valence-electron chi connectivity index (χ4n) is 1.55. The zero-order valence-electron chi connectivity index (χ0n) is 9.98. The number of hydrogen-bond acceptors (Lipinski definition) is 3. The van der Waals surface area contributed by atoms with Crippen LogP contribution in [0.25, 0.3) is 0 Å². The Morgan fingerprint density at radius 1 is 1.59 bits per heavy atom. The first kappa shape index (κ1) is 12.5. The van der Waals surface area contributed by atoms with Crippen LogP contribution in [0.15, 0.2) is 29.2 Å². The van der Waals surface area contributed by atoms with Gasteiger partial charge in [-0.1, -0.05) is 12.1 Å². The summed E-state index contributed by atoms with van der Waals surface area (Å²) in [6, 6.07) is 8.48. The van der Waals surface area contributed by atoms with Crippen molar-refractivity contribution in [2.24, 2.45) is 5.73 Å². The van der Waals surface area contributed by atoms with E-state index in [-0.39, 0.29) is 11.2 Å². The minimum atomic E-state index is -0.0522. The molecule has 17 heavy (non-hydrogen) atoms. The zero-order chi connectivity index (χ0) is 12.3. The first-order chi connectivity index (χ1) is 8.19. The van der Waals surface area contributed by atoms with E-state index >= 15 is 0 Å². The smallest absolute Gasteiger partial charge is 0.233 e. The summed E-state index contributed by atoms with van der Waals surface area (Å²) in [7, 11) is 0. The van der Waals surface area contributed by atoms with Crippen LogP contribution < -0.4 is 11.1 Å². The number of amides is 1. The summed E-state index contributed by atoms with van der Waals surface area (Å²) in [6.45, 7) is 2.48. The standard InChI is InChI=1S/C13H18N2OS/c1-9(13(16)15-11-5-6-11)17-12-4-2-3-10(7-12)8-14/h2-4,7,9,11H,5-6,8,14H2,1H3,(H,15,16). The average Bonchev–Trinajstić information content (AvgIpc) is 3.13. The molecule has 1 aliphatic rings. The van der Waals surface area contributed by atoms with Crippen molar-refractivity contribution >= 4 is 17.7 Å². The van der Waals surface area contributed by atoms with Gasteiger partial charge in [-0.05, 0) is 37.5 Å². The molecular formula is C13H18N2OS. The Labute approximate surface area is 106 Å². The van der Waals surface area contributed by atoms with Crippen LogP contribution in [-0.2, 0) is 11.3 Å². The minimum absolute atomic E-state index is 0.0522. The quantitative estimate of drug-likeness (QED) is 0.785. The van der Waals surface area contributed by atoms with Crippen molar-refractivity contribution in [3.63, 3.8) is 0 Å². The van der Waals surface area contributed by atoms with E-state index in [2.05, 4.69) is 5.32 Å². The van der Waals surface area contributed by atoms with Crippen LogP contribution in [0, 0.1) is 0 Å². The van der Waals surface area contributed by atoms with Gasteiger partial charge in [0.05, 0.1) is 5.25 Å². The molecule has 3 nitrogen and oxygen atoms in total. The highest BCUT2D eigenvalue weighted by atomic mass is 32.2. The van der Waals surface area contributed by atoms with E-state index in [1.807, 2.05) is 31.2 Å². The lowest BCUT2D eigenvalue weighted by Crippen LogP contribution is -2.32. The van der Waals surface area contributed by atoms with E-state index in [9.17, 15) is 4.79 Å². The summed E-state index contributed by atoms with van der Waals surface area (Å²) in [5, 5.41) is 2.97. The Bertz CT molecular complexity index is 404. The SMILES string of the molecule is CC(Sc1cccc(CN)c1)C(=O)NC1CC1. The predicted molar refractivity (Wildman–Crippen MR) is 70.8 cm³/mol. The first-order valence-electron chi connectivity index (χ1n) is 5.95. The summed E-state index contributed by atoms with van der Waals surface area (Å²) < 4.78 is 0. The van der Waals surface area contributed by atoms with Crippen molar-refractivity contribution in [3.05, 3.63) is 29.8 Å². The van der Waals surface area contributed by atoms with Gasteiger partial charge in [-0.3, -0.25) is 4.79 Å². The predicted octanol–water partition coefficient (Wildman–Crippen LogP) is 1.90. The molecule has 92 valence electrons. The largest absolute Gasteiger partial charge is 0.352 e. The van der Waals surface area contributed by atoms with E-state index in [1.165, 1.54) is 0 Å². The van der Waals surface area contributed by atoms with Crippen molar-refractivity contribution in [3.8, 4) is 0 Å².